The fraction of sp³-hybridized carbons (Fsp3) is 0.308. The van der Waals surface area contributed by atoms with Gasteiger partial charge in [-0.2, -0.15) is 5.10 Å². The molecule has 0 atom stereocenters. The van der Waals surface area contributed by atoms with Crippen molar-refractivity contribution in [2.75, 3.05) is 20.2 Å². The highest BCUT2D eigenvalue weighted by Gasteiger charge is 2.28. The Hall–Kier alpha value is -3.54. The molecule has 0 radical (unpaired) electrons. The second kappa shape index (κ2) is 8.19. The van der Waals surface area contributed by atoms with Gasteiger partial charge < -0.3 is 14.6 Å². The zero-order valence-electron chi connectivity index (χ0n) is 18.8. The smallest absolute Gasteiger partial charge is 0.257 e. The number of fused-ring (bicyclic) bond motifs is 1. The van der Waals surface area contributed by atoms with Gasteiger partial charge in [0, 0.05) is 30.2 Å². The van der Waals surface area contributed by atoms with E-state index in [0.29, 0.717) is 11.5 Å². The van der Waals surface area contributed by atoms with Gasteiger partial charge in [0.25, 0.3) is 5.91 Å². The molecule has 0 saturated carbocycles. The number of H-pyrrole nitrogens is 1. The van der Waals surface area contributed by atoms with Crippen LogP contribution in [0.1, 0.15) is 45.9 Å². The molecule has 4 aromatic rings. The lowest BCUT2D eigenvalue weighted by Gasteiger charge is -2.32. The van der Waals surface area contributed by atoms with E-state index in [1.807, 2.05) is 40.8 Å². The number of rotatable bonds is 4. The van der Waals surface area contributed by atoms with Crippen molar-refractivity contribution in [3.8, 4) is 11.4 Å². The first kappa shape index (κ1) is 20.4. The van der Waals surface area contributed by atoms with Crippen molar-refractivity contribution in [1.29, 1.82) is 0 Å². The first-order valence-electron chi connectivity index (χ1n) is 11.1. The van der Waals surface area contributed by atoms with Crippen LogP contribution in [-0.2, 0) is 0 Å². The number of hydrogen-bond donors (Lipinski definition) is 1. The molecule has 0 spiro atoms. The predicted molar refractivity (Wildman–Crippen MR) is 126 cm³/mol. The number of aromatic nitrogens is 3. The summed E-state index contributed by atoms with van der Waals surface area (Å²) in [6, 6.07) is 14.2. The highest BCUT2D eigenvalue weighted by Crippen LogP contribution is 2.35. The Kier molecular flexibility index (Phi) is 5.21. The molecule has 0 unspecified atom stereocenters. The van der Waals surface area contributed by atoms with E-state index in [0.717, 1.165) is 54.1 Å². The normalized spacial score (nSPS) is 14.8. The molecule has 32 heavy (non-hydrogen) atoms. The van der Waals surface area contributed by atoms with Crippen molar-refractivity contribution in [3.63, 3.8) is 0 Å². The molecule has 1 amide bonds. The standard InChI is InChI=1S/C26H28N4O2/c1-17-6-4-5-7-25(17)30-18(2)22(16-28-30)26(31)29-12-10-19(11-13-29)23-15-27-24-9-8-20(32-3)14-21(23)24/h4-9,14-16,19,27H,10-13H2,1-3H3. The Bertz CT molecular complexity index is 1280. The van der Waals surface area contributed by atoms with Crippen molar-refractivity contribution in [1.82, 2.24) is 19.7 Å². The number of amides is 1. The third-order valence-electron chi connectivity index (χ3n) is 6.73. The van der Waals surface area contributed by atoms with Gasteiger partial charge in [-0.25, -0.2) is 4.68 Å². The van der Waals surface area contributed by atoms with Gasteiger partial charge in [-0.15, -0.1) is 0 Å². The Balaban J connectivity index is 1.32. The second-order valence-corrected chi connectivity index (χ2v) is 8.56. The second-order valence-electron chi connectivity index (χ2n) is 8.56. The minimum Gasteiger partial charge on any atom is -0.497 e. The molecule has 1 saturated heterocycles. The number of carbonyl (C=O) groups excluding carboxylic acids is 1. The van der Waals surface area contributed by atoms with Crippen LogP contribution in [0.4, 0.5) is 0 Å². The number of aryl methyl sites for hydroxylation is 1. The van der Waals surface area contributed by atoms with Crippen LogP contribution in [0.5, 0.6) is 5.75 Å². The van der Waals surface area contributed by atoms with Crippen molar-refractivity contribution >= 4 is 16.8 Å². The number of carbonyl (C=O) groups is 1. The van der Waals surface area contributed by atoms with E-state index < -0.39 is 0 Å². The molecule has 1 aliphatic heterocycles. The van der Waals surface area contributed by atoms with Crippen LogP contribution in [0.2, 0.25) is 0 Å². The lowest BCUT2D eigenvalue weighted by molar-refractivity contribution is 0.0712. The highest BCUT2D eigenvalue weighted by molar-refractivity contribution is 5.95. The number of piperidine rings is 1. The maximum atomic E-state index is 13.3. The SMILES string of the molecule is COc1ccc2[nH]cc(C3CCN(C(=O)c4cnn(-c5ccccc5C)c4C)CC3)c2c1. The Morgan fingerprint density at radius 2 is 1.91 bits per heavy atom. The van der Waals surface area contributed by atoms with Crippen molar-refractivity contribution in [3.05, 3.63) is 77.2 Å². The Morgan fingerprint density at radius 1 is 1.12 bits per heavy atom. The average Bonchev–Trinajstić information content (AvgIpc) is 3.42. The number of hydrogen-bond acceptors (Lipinski definition) is 3. The molecule has 3 heterocycles. The molecule has 164 valence electrons. The lowest BCUT2D eigenvalue weighted by Crippen LogP contribution is -2.38. The summed E-state index contributed by atoms with van der Waals surface area (Å²) >= 11 is 0. The summed E-state index contributed by atoms with van der Waals surface area (Å²) in [5, 5.41) is 5.73. The molecule has 0 bridgehead atoms. The molecular weight excluding hydrogens is 400 g/mol. The molecule has 1 aliphatic rings. The summed E-state index contributed by atoms with van der Waals surface area (Å²) in [5.41, 5.74) is 6.15. The van der Waals surface area contributed by atoms with Crippen molar-refractivity contribution in [2.24, 2.45) is 0 Å². The van der Waals surface area contributed by atoms with Gasteiger partial charge in [-0.1, -0.05) is 18.2 Å². The maximum absolute atomic E-state index is 13.3. The summed E-state index contributed by atoms with van der Waals surface area (Å²) in [6.07, 6.45) is 5.71. The van der Waals surface area contributed by atoms with Crippen LogP contribution in [0.3, 0.4) is 0 Å². The van der Waals surface area contributed by atoms with Crippen LogP contribution in [0.15, 0.2) is 54.9 Å². The average molecular weight is 429 g/mol. The van der Waals surface area contributed by atoms with Crippen LogP contribution >= 0.6 is 0 Å². The van der Waals surface area contributed by atoms with Gasteiger partial charge in [0.1, 0.15) is 5.75 Å². The third-order valence-corrected chi connectivity index (χ3v) is 6.73. The molecular formula is C26H28N4O2. The molecule has 2 aromatic heterocycles. The minimum atomic E-state index is 0.0707. The molecule has 6 heteroatoms. The van der Waals surface area contributed by atoms with Gasteiger partial charge in [0.15, 0.2) is 0 Å². The zero-order valence-corrected chi connectivity index (χ0v) is 18.8. The number of nitrogens with zero attached hydrogens (tertiary/aromatic N) is 3. The first-order chi connectivity index (χ1) is 15.6. The van der Waals surface area contributed by atoms with E-state index in [9.17, 15) is 4.79 Å². The predicted octanol–water partition coefficient (Wildman–Crippen LogP) is 5.00. The molecule has 5 rings (SSSR count). The lowest BCUT2D eigenvalue weighted by atomic mass is 9.89. The summed E-state index contributed by atoms with van der Waals surface area (Å²) in [6.45, 7) is 5.52. The number of ether oxygens (including phenoxy) is 1. The first-order valence-corrected chi connectivity index (χ1v) is 11.1. The van der Waals surface area contributed by atoms with Gasteiger partial charge >= 0.3 is 0 Å². The van der Waals surface area contributed by atoms with E-state index in [-0.39, 0.29) is 5.91 Å². The number of likely N-dealkylation sites (tertiary alicyclic amines) is 1. The summed E-state index contributed by atoms with van der Waals surface area (Å²) in [4.78, 5) is 18.6. The van der Waals surface area contributed by atoms with E-state index in [1.54, 1.807) is 13.3 Å². The molecule has 6 nitrogen and oxygen atoms in total. The van der Waals surface area contributed by atoms with Crippen LogP contribution in [0, 0.1) is 13.8 Å². The van der Waals surface area contributed by atoms with Gasteiger partial charge in [0.2, 0.25) is 0 Å². The number of benzene rings is 2. The highest BCUT2D eigenvalue weighted by atomic mass is 16.5. The Labute approximate surface area is 187 Å². The maximum Gasteiger partial charge on any atom is 0.257 e. The summed E-state index contributed by atoms with van der Waals surface area (Å²) in [5.74, 6) is 1.36. The van der Waals surface area contributed by atoms with E-state index >= 15 is 0 Å². The van der Waals surface area contributed by atoms with Crippen molar-refractivity contribution < 1.29 is 9.53 Å². The van der Waals surface area contributed by atoms with Gasteiger partial charge in [0.05, 0.1) is 30.3 Å². The topological polar surface area (TPSA) is 63.1 Å². The quantitative estimate of drug-likeness (QED) is 0.498. The number of nitrogens with one attached hydrogen (secondary N) is 1. The number of para-hydroxylation sites is 1. The molecule has 2 aromatic carbocycles. The van der Waals surface area contributed by atoms with Crippen LogP contribution in [0.25, 0.3) is 16.6 Å². The summed E-state index contributed by atoms with van der Waals surface area (Å²) < 4.78 is 7.28. The van der Waals surface area contributed by atoms with Crippen LogP contribution < -0.4 is 4.74 Å². The van der Waals surface area contributed by atoms with Gasteiger partial charge in [-0.05, 0) is 68.0 Å². The molecule has 0 aliphatic carbocycles. The van der Waals surface area contributed by atoms with Crippen molar-refractivity contribution in [2.45, 2.75) is 32.6 Å². The molecule has 1 N–H and O–H groups in total. The fourth-order valence-electron chi connectivity index (χ4n) is 4.81. The third kappa shape index (κ3) is 3.45. The van der Waals surface area contributed by atoms with Gasteiger partial charge in [-0.3, -0.25) is 4.79 Å². The summed E-state index contributed by atoms with van der Waals surface area (Å²) in [7, 11) is 1.70. The zero-order chi connectivity index (χ0) is 22.2. The van der Waals surface area contributed by atoms with Crippen LogP contribution in [-0.4, -0.2) is 45.8 Å². The monoisotopic (exact) mass is 428 g/mol. The largest absolute Gasteiger partial charge is 0.497 e. The molecule has 1 fully saturated rings. The minimum absolute atomic E-state index is 0.0707. The number of aromatic amines is 1. The van der Waals surface area contributed by atoms with E-state index in [1.165, 1.54) is 10.9 Å². The Morgan fingerprint density at radius 3 is 2.66 bits per heavy atom. The fourth-order valence-corrected chi connectivity index (χ4v) is 4.81. The number of methoxy groups -OCH3 is 1. The van der Waals surface area contributed by atoms with E-state index in [2.05, 4.69) is 41.4 Å². The van der Waals surface area contributed by atoms with E-state index in [4.69, 9.17) is 4.74 Å².